The van der Waals surface area contributed by atoms with Crippen LogP contribution in [0.25, 0.3) is 0 Å². The number of hydrogen-bond acceptors (Lipinski definition) is 5. The molecule has 0 aliphatic carbocycles. The number of fused-ring (bicyclic) bond motifs is 1. The number of ether oxygens (including phenoxy) is 1. The van der Waals surface area contributed by atoms with E-state index in [9.17, 15) is 14.4 Å². The minimum absolute atomic E-state index is 0.0767. The molecule has 2 rings (SSSR count). The molecular formula is C13H14N2O4S. The van der Waals surface area contributed by atoms with Crippen LogP contribution < -0.4 is 10.6 Å². The van der Waals surface area contributed by atoms with E-state index in [0.717, 1.165) is 4.90 Å². The van der Waals surface area contributed by atoms with Crippen LogP contribution in [-0.4, -0.2) is 37.2 Å². The first kappa shape index (κ1) is 14.4. The number of carbonyl (C=O) groups is 3. The molecule has 106 valence electrons. The van der Waals surface area contributed by atoms with Gasteiger partial charge in [0.25, 0.3) is 5.91 Å². The van der Waals surface area contributed by atoms with Crippen molar-refractivity contribution in [3.05, 3.63) is 23.8 Å². The Labute approximate surface area is 120 Å². The summed E-state index contributed by atoms with van der Waals surface area (Å²) in [4.78, 5) is 35.2. The Morgan fingerprint density at radius 2 is 2.25 bits per heavy atom. The summed E-state index contributed by atoms with van der Waals surface area (Å²) in [5, 5.41) is 5.11. The summed E-state index contributed by atoms with van der Waals surface area (Å²) in [5.74, 6) is -0.344. The average Bonchev–Trinajstić information content (AvgIpc) is 2.63. The zero-order valence-electron chi connectivity index (χ0n) is 10.9. The van der Waals surface area contributed by atoms with Gasteiger partial charge in [-0.2, -0.15) is 0 Å². The molecule has 2 N–H and O–H groups in total. The van der Waals surface area contributed by atoms with Gasteiger partial charge in [-0.15, -0.1) is 11.8 Å². The lowest BCUT2D eigenvalue weighted by atomic mass is 10.2. The van der Waals surface area contributed by atoms with Gasteiger partial charge in [-0.05, 0) is 18.2 Å². The third kappa shape index (κ3) is 3.51. The summed E-state index contributed by atoms with van der Waals surface area (Å²) in [6, 6.07) is 4.95. The smallest absolute Gasteiger partial charge is 0.338 e. The zero-order valence-corrected chi connectivity index (χ0v) is 11.7. The molecular weight excluding hydrogens is 280 g/mol. The van der Waals surface area contributed by atoms with Gasteiger partial charge >= 0.3 is 5.97 Å². The van der Waals surface area contributed by atoms with Gasteiger partial charge in [0.1, 0.15) is 0 Å². The Kier molecular flexibility index (Phi) is 4.62. The van der Waals surface area contributed by atoms with E-state index < -0.39 is 5.97 Å². The second-order valence-electron chi connectivity index (χ2n) is 4.11. The molecule has 1 aliphatic heterocycles. The highest BCUT2D eigenvalue weighted by Gasteiger charge is 2.16. The van der Waals surface area contributed by atoms with Crippen LogP contribution in [0.3, 0.4) is 0 Å². The normalized spacial score (nSPS) is 13.8. The highest BCUT2D eigenvalue weighted by atomic mass is 32.2. The van der Waals surface area contributed by atoms with Crippen molar-refractivity contribution >= 4 is 35.2 Å². The lowest BCUT2D eigenvalue weighted by Gasteiger charge is -2.09. The van der Waals surface area contributed by atoms with Crippen LogP contribution in [0.2, 0.25) is 0 Å². The van der Waals surface area contributed by atoms with Crippen LogP contribution in [-0.2, 0) is 14.3 Å². The van der Waals surface area contributed by atoms with Gasteiger partial charge in [0.15, 0.2) is 6.61 Å². The molecule has 0 saturated carbocycles. The van der Waals surface area contributed by atoms with Crippen molar-refractivity contribution in [2.45, 2.75) is 11.3 Å². The van der Waals surface area contributed by atoms with Crippen LogP contribution in [0.15, 0.2) is 23.1 Å². The van der Waals surface area contributed by atoms with Crippen LogP contribution in [0.1, 0.15) is 16.8 Å². The Balaban J connectivity index is 2.11. The Morgan fingerprint density at radius 3 is 3.00 bits per heavy atom. The molecule has 6 nitrogen and oxygen atoms in total. The topological polar surface area (TPSA) is 84.5 Å². The Morgan fingerprint density at radius 1 is 1.45 bits per heavy atom. The van der Waals surface area contributed by atoms with Crippen molar-refractivity contribution in [1.82, 2.24) is 5.32 Å². The van der Waals surface area contributed by atoms with Crippen molar-refractivity contribution in [3.8, 4) is 0 Å². The number of carbonyl (C=O) groups excluding carboxylic acids is 3. The van der Waals surface area contributed by atoms with Gasteiger partial charge in [0.2, 0.25) is 5.91 Å². The van der Waals surface area contributed by atoms with Gasteiger partial charge in [-0.1, -0.05) is 0 Å². The van der Waals surface area contributed by atoms with E-state index in [4.69, 9.17) is 4.74 Å². The summed E-state index contributed by atoms with van der Waals surface area (Å²) in [5.41, 5.74) is 0.905. The van der Waals surface area contributed by atoms with Crippen LogP contribution >= 0.6 is 11.8 Å². The minimum atomic E-state index is -0.597. The van der Waals surface area contributed by atoms with E-state index >= 15 is 0 Å². The molecule has 7 heteroatoms. The average molecular weight is 294 g/mol. The largest absolute Gasteiger partial charge is 0.452 e. The number of anilines is 1. The fourth-order valence-corrected chi connectivity index (χ4v) is 2.57. The van der Waals surface area contributed by atoms with E-state index in [1.807, 2.05) is 0 Å². The van der Waals surface area contributed by atoms with E-state index in [0.29, 0.717) is 23.4 Å². The minimum Gasteiger partial charge on any atom is -0.452 e. The Hall–Kier alpha value is -2.02. The molecule has 0 bridgehead atoms. The maximum Gasteiger partial charge on any atom is 0.338 e. The highest BCUT2D eigenvalue weighted by molar-refractivity contribution is 7.99. The van der Waals surface area contributed by atoms with Crippen molar-refractivity contribution in [2.24, 2.45) is 0 Å². The van der Waals surface area contributed by atoms with Gasteiger partial charge in [0, 0.05) is 24.1 Å². The molecule has 1 aromatic rings. The van der Waals surface area contributed by atoms with Gasteiger partial charge in [-0.3, -0.25) is 9.59 Å². The number of nitrogens with one attached hydrogen (secondary N) is 2. The second kappa shape index (κ2) is 6.42. The van der Waals surface area contributed by atoms with Crippen molar-refractivity contribution in [2.75, 3.05) is 24.7 Å². The third-order valence-corrected chi connectivity index (χ3v) is 3.76. The molecule has 0 radical (unpaired) electrons. The standard InChI is InChI=1S/C13H14N2O4S/c1-14-12(17)7-19-13(18)8-2-3-10-9(6-8)15-11(16)4-5-20-10/h2-3,6H,4-5,7H2,1H3,(H,14,17)(H,15,16). The first-order valence-electron chi connectivity index (χ1n) is 6.04. The maximum atomic E-state index is 11.8. The van der Waals surface area contributed by atoms with E-state index in [2.05, 4.69) is 10.6 Å². The number of thioether (sulfide) groups is 1. The summed E-state index contributed by atoms with van der Waals surface area (Å²) in [6.45, 7) is -0.326. The first-order chi connectivity index (χ1) is 9.60. The number of amides is 2. The zero-order chi connectivity index (χ0) is 14.5. The predicted molar refractivity (Wildman–Crippen MR) is 74.8 cm³/mol. The van der Waals surface area contributed by atoms with Crippen LogP contribution in [0.5, 0.6) is 0 Å². The molecule has 1 heterocycles. The number of esters is 1. The van der Waals surface area contributed by atoms with Crippen molar-refractivity contribution < 1.29 is 19.1 Å². The molecule has 1 aliphatic rings. The molecule has 0 saturated heterocycles. The number of rotatable bonds is 3. The molecule has 0 spiro atoms. The molecule has 20 heavy (non-hydrogen) atoms. The van der Waals surface area contributed by atoms with Gasteiger partial charge < -0.3 is 15.4 Å². The van der Waals surface area contributed by atoms with Crippen LogP contribution in [0, 0.1) is 0 Å². The summed E-state index contributed by atoms with van der Waals surface area (Å²) >= 11 is 1.56. The maximum absolute atomic E-state index is 11.8. The molecule has 0 atom stereocenters. The SMILES string of the molecule is CNC(=O)COC(=O)c1ccc2c(c1)NC(=O)CCS2. The monoisotopic (exact) mass is 294 g/mol. The molecule has 0 aromatic heterocycles. The third-order valence-electron chi connectivity index (χ3n) is 2.69. The lowest BCUT2D eigenvalue weighted by Crippen LogP contribution is -2.25. The predicted octanol–water partition coefficient (Wildman–Crippen LogP) is 1.02. The number of benzene rings is 1. The highest BCUT2D eigenvalue weighted by Crippen LogP contribution is 2.31. The summed E-state index contributed by atoms with van der Waals surface area (Å²) in [6.07, 6.45) is 0.440. The van der Waals surface area contributed by atoms with E-state index in [1.54, 1.807) is 30.0 Å². The molecule has 0 unspecified atom stereocenters. The summed E-state index contributed by atoms with van der Waals surface area (Å²) in [7, 11) is 1.46. The molecule has 2 amide bonds. The lowest BCUT2D eigenvalue weighted by molar-refractivity contribution is -0.123. The molecule has 1 aromatic carbocycles. The van der Waals surface area contributed by atoms with E-state index in [1.165, 1.54) is 7.05 Å². The Bertz CT molecular complexity index is 559. The second-order valence-corrected chi connectivity index (χ2v) is 5.24. The van der Waals surface area contributed by atoms with Crippen molar-refractivity contribution in [3.63, 3.8) is 0 Å². The van der Waals surface area contributed by atoms with Gasteiger partial charge in [-0.25, -0.2) is 4.79 Å². The van der Waals surface area contributed by atoms with E-state index in [-0.39, 0.29) is 18.4 Å². The van der Waals surface area contributed by atoms with Gasteiger partial charge in [0.05, 0.1) is 11.3 Å². The quantitative estimate of drug-likeness (QED) is 0.813. The number of hydrogen-bond donors (Lipinski definition) is 2. The molecule has 0 fully saturated rings. The van der Waals surface area contributed by atoms with Crippen LogP contribution in [0.4, 0.5) is 5.69 Å². The van der Waals surface area contributed by atoms with Crippen molar-refractivity contribution in [1.29, 1.82) is 0 Å². The fourth-order valence-electron chi connectivity index (χ4n) is 1.63. The first-order valence-corrected chi connectivity index (χ1v) is 7.03. The number of likely N-dealkylation sites (N-methyl/N-ethyl adjacent to an activating group) is 1. The fraction of sp³-hybridized carbons (Fsp3) is 0.308. The summed E-state index contributed by atoms with van der Waals surface area (Å²) < 4.78 is 4.86.